The number of rotatable bonds is 4. The summed E-state index contributed by atoms with van der Waals surface area (Å²) < 4.78 is 20.8. The number of halogens is 1. The number of amides is 1. The number of hydrogen-bond acceptors (Lipinski definition) is 4. The lowest BCUT2D eigenvalue weighted by molar-refractivity contribution is 0.0526. The lowest BCUT2D eigenvalue weighted by Crippen LogP contribution is -2.15. The van der Waals surface area contributed by atoms with E-state index in [2.05, 4.69) is 4.99 Å². The Morgan fingerprint density at radius 1 is 1.12 bits per heavy atom. The first-order valence-electron chi connectivity index (χ1n) is 8.18. The Bertz CT molecular complexity index is 1040. The fourth-order valence-electron chi connectivity index (χ4n) is 2.55. The summed E-state index contributed by atoms with van der Waals surface area (Å²) in [5, 5.41) is 0. The fraction of sp³-hybridized carbons (Fsp3) is 0.211. The average molecular weight is 372 g/mol. The molecule has 3 rings (SSSR count). The molecule has 2 aromatic carbocycles. The minimum absolute atomic E-state index is 0.309. The molecule has 0 spiro atoms. The molecule has 0 aliphatic rings. The van der Waals surface area contributed by atoms with Gasteiger partial charge in [-0.15, -0.1) is 0 Å². The van der Waals surface area contributed by atoms with Crippen LogP contribution in [-0.4, -0.2) is 23.1 Å². The number of thiazole rings is 1. The number of carbonyl (C=O) groups excluding carboxylic acids is 2. The summed E-state index contributed by atoms with van der Waals surface area (Å²) in [6, 6.07) is 10.5. The number of fused-ring (bicyclic) bond motifs is 1. The van der Waals surface area contributed by atoms with Gasteiger partial charge in [0.2, 0.25) is 0 Å². The van der Waals surface area contributed by atoms with E-state index in [0.29, 0.717) is 29.1 Å². The number of aryl methyl sites for hydroxylation is 1. The van der Waals surface area contributed by atoms with Crippen molar-refractivity contribution in [3.05, 3.63) is 64.2 Å². The van der Waals surface area contributed by atoms with E-state index in [1.54, 1.807) is 19.1 Å². The molecule has 1 aromatic heterocycles. The molecule has 0 aliphatic heterocycles. The number of carbonyl (C=O) groups is 2. The molecule has 0 aliphatic carbocycles. The predicted octanol–water partition coefficient (Wildman–Crippen LogP) is 3.78. The zero-order chi connectivity index (χ0) is 18.7. The Morgan fingerprint density at radius 3 is 2.46 bits per heavy atom. The van der Waals surface area contributed by atoms with Crippen LogP contribution in [0.1, 0.15) is 34.6 Å². The smallest absolute Gasteiger partial charge is 0.338 e. The van der Waals surface area contributed by atoms with E-state index < -0.39 is 11.7 Å². The first kappa shape index (κ1) is 18.0. The molecule has 7 heteroatoms. The first-order chi connectivity index (χ1) is 12.5. The third-order valence-corrected chi connectivity index (χ3v) is 4.84. The van der Waals surface area contributed by atoms with Gasteiger partial charge >= 0.3 is 5.97 Å². The third-order valence-electron chi connectivity index (χ3n) is 3.80. The van der Waals surface area contributed by atoms with Crippen molar-refractivity contribution >= 4 is 33.4 Å². The van der Waals surface area contributed by atoms with Crippen molar-refractivity contribution in [2.75, 3.05) is 6.61 Å². The standard InChI is InChI=1S/C19H17FN2O3S/c1-3-22-15-10-7-13(18(24)25-4-2)11-16(15)26-19(22)21-17(23)12-5-8-14(20)9-6-12/h5-11H,3-4H2,1-2H3. The summed E-state index contributed by atoms with van der Waals surface area (Å²) in [7, 11) is 0. The van der Waals surface area contributed by atoms with E-state index in [-0.39, 0.29) is 5.97 Å². The molecule has 0 saturated carbocycles. The van der Waals surface area contributed by atoms with Crippen LogP contribution < -0.4 is 4.80 Å². The lowest BCUT2D eigenvalue weighted by Gasteiger charge is -2.03. The average Bonchev–Trinajstić information content (AvgIpc) is 2.98. The van der Waals surface area contributed by atoms with E-state index in [9.17, 15) is 14.0 Å². The number of benzene rings is 2. The van der Waals surface area contributed by atoms with Crippen molar-refractivity contribution in [3.8, 4) is 0 Å². The summed E-state index contributed by atoms with van der Waals surface area (Å²) in [6.07, 6.45) is 0. The number of aromatic nitrogens is 1. The van der Waals surface area contributed by atoms with Crippen molar-refractivity contribution in [2.45, 2.75) is 20.4 Å². The maximum atomic E-state index is 13.0. The van der Waals surface area contributed by atoms with Crippen LogP contribution in [0.5, 0.6) is 0 Å². The molecule has 0 unspecified atom stereocenters. The highest BCUT2D eigenvalue weighted by atomic mass is 32.1. The molecule has 1 heterocycles. The van der Waals surface area contributed by atoms with Gasteiger partial charge in [0.1, 0.15) is 5.82 Å². The van der Waals surface area contributed by atoms with E-state index in [4.69, 9.17) is 4.74 Å². The molecule has 0 fully saturated rings. The van der Waals surface area contributed by atoms with Gasteiger partial charge in [-0.1, -0.05) is 11.3 Å². The maximum Gasteiger partial charge on any atom is 0.338 e. The van der Waals surface area contributed by atoms with Crippen LogP contribution in [0, 0.1) is 5.82 Å². The molecule has 0 N–H and O–H groups in total. The summed E-state index contributed by atoms with van der Waals surface area (Å²) in [4.78, 5) is 29.0. The second-order valence-electron chi connectivity index (χ2n) is 5.46. The first-order valence-corrected chi connectivity index (χ1v) is 9.00. The molecule has 0 saturated heterocycles. The van der Waals surface area contributed by atoms with Crippen molar-refractivity contribution in [2.24, 2.45) is 4.99 Å². The summed E-state index contributed by atoms with van der Waals surface area (Å²) in [5.41, 5.74) is 1.66. The van der Waals surface area contributed by atoms with Crippen LogP contribution in [-0.2, 0) is 11.3 Å². The molecule has 134 valence electrons. The molecular formula is C19H17FN2O3S. The minimum Gasteiger partial charge on any atom is -0.462 e. The van der Waals surface area contributed by atoms with Gasteiger partial charge < -0.3 is 9.30 Å². The SMILES string of the molecule is CCOC(=O)c1ccc2c(c1)sc(=NC(=O)c1ccc(F)cc1)n2CC. The molecular weight excluding hydrogens is 355 g/mol. The number of hydrogen-bond donors (Lipinski definition) is 0. The van der Waals surface area contributed by atoms with Crippen LogP contribution >= 0.6 is 11.3 Å². The second kappa shape index (κ2) is 7.61. The van der Waals surface area contributed by atoms with E-state index in [1.807, 2.05) is 17.6 Å². The van der Waals surface area contributed by atoms with Gasteiger partial charge in [0.05, 0.1) is 22.4 Å². The topological polar surface area (TPSA) is 60.7 Å². The van der Waals surface area contributed by atoms with Crippen molar-refractivity contribution in [1.29, 1.82) is 0 Å². The van der Waals surface area contributed by atoms with Crippen molar-refractivity contribution in [1.82, 2.24) is 4.57 Å². The Hall–Kier alpha value is -2.80. The highest BCUT2D eigenvalue weighted by molar-refractivity contribution is 7.16. The predicted molar refractivity (Wildman–Crippen MR) is 97.7 cm³/mol. The van der Waals surface area contributed by atoms with Crippen LogP contribution in [0.2, 0.25) is 0 Å². The Morgan fingerprint density at radius 2 is 1.81 bits per heavy atom. The van der Waals surface area contributed by atoms with Gasteiger partial charge in [0.15, 0.2) is 4.80 Å². The molecule has 5 nitrogen and oxygen atoms in total. The molecule has 3 aromatic rings. The molecule has 0 atom stereocenters. The van der Waals surface area contributed by atoms with Crippen molar-refractivity contribution < 1.29 is 18.7 Å². The number of nitrogens with zero attached hydrogens (tertiary/aromatic N) is 2. The van der Waals surface area contributed by atoms with Gasteiger partial charge in [0, 0.05) is 12.1 Å². The Kier molecular flexibility index (Phi) is 5.27. The quantitative estimate of drug-likeness (QED) is 0.655. The highest BCUT2D eigenvalue weighted by Crippen LogP contribution is 2.20. The van der Waals surface area contributed by atoms with E-state index in [1.165, 1.54) is 35.6 Å². The fourth-order valence-corrected chi connectivity index (χ4v) is 3.68. The molecule has 1 amide bonds. The van der Waals surface area contributed by atoms with Gasteiger partial charge in [-0.3, -0.25) is 4.79 Å². The molecule has 0 radical (unpaired) electrons. The monoisotopic (exact) mass is 372 g/mol. The Labute approximate surface area is 153 Å². The van der Waals surface area contributed by atoms with Crippen LogP contribution in [0.4, 0.5) is 4.39 Å². The zero-order valence-corrected chi connectivity index (χ0v) is 15.2. The van der Waals surface area contributed by atoms with E-state index >= 15 is 0 Å². The van der Waals surface area contributed by atoms with Gasteiger partial charge in [-0.25, -0.2) is 9.18 Å². The number of esters is 1. The third kappa shape index (κ3) is 3.57. The van der Waals surface area contributed by atoms with Gasteiger partial charge in [0.25, 0.3) is 5.91 Å². The highest BCUT2D eigenvalue weighted by Gasteiger charge is 2.12. The molecule has 0 bridgehead atoms. The van der Waals surface area contributed by atoms with Gasteiger partial charge in [-0.05, 0) is 56.3 Å². The second-order valence-corrected chi connectivity index (χ2v) is 6.46. The van der Waals surface area contributed by atoms with Crippen LogP contribution in [0.25, 0.3) is 10.2 Å². The van der Waals surface area contributed by atoms with Gasteiger partial charge in [-0.2, -0.15) is 4.99 Å². The van der Waals surface area contributed by atoms with E-state index in [0.717, 1.165) is 10.2 Å². The normalized spacial score (nSPS) is 11.7. The summed E-state index contributed by atoms with van der Waals surface area (Å²) in [6.45, 7) is 4.63. The van der Waals surface area contributed by atoms with Crippen molar-refractivity contribution in [3.63, 3.8) is 0 Å². The number of ether oxygens (including phenoxy) is 1. The minimum atomic E-state index is -0.440. The van der Waals surface area contributed by atoms with Crippen LogP contribution in [0.3, 0.4) is 0 Å². The van der Waals surface area contributed by atoms with Crippen LogP contribution in [0.15, 0.2) is 47.5 Å². The summed E-state index contributed by atoms with van der Waals surface area (Å²) in [5.74, 6) is -1.23. The largest absolute Gasteiger partial charge is 0.462 e. The molecule has 26 heavy (non-hydrogen) atoms. The summed E-state index contributed by atoms with van der Waals surface area (Å²) >= 11 is 1.32. The maximum absolute atomic E-state index is 13.0. The zero-order valence-electron chi connectivity index (χ0n) is 14.4. The Balaban J connectivity index is 2.06. The lowest BCUT2D eigenvalue weighted by atomic mass is 10.2.